The first-order valence-corrected chi connectivity index (χ1v) is 12.3. The van der Waals surface area contributed by atoms with E-state index in [1.807, 2.05) is 7.05 Å². The lowest BCUT2D eigenvalue weighted by Crippen LogP contribution is -2.38. The fourth-order valence-electron chi connectivity index (χ4n) is 3.99. The van der Waals surface area contributed by atoms with Crippen LogP contribution in [0.3, 0.4) is 0 Å². The van der Waals surface area contributed by atoms with Gasteiger partial charge >= 0.3 is 0 Å². The highest BCUT2D eigenvalue weighted by Crippen LogP contribution is 2.23. The van der Waals surface area contributed by atoms with Gasteiger partial charge < -0.3 is 15.5 Å². The number of nitrogens with zero attached hydrogens (tertiary/aromatic N) is 1. The molecule has 0 saturated heterocycles. The summed E-state index contributed by atoms with van der Waals surface area (Å²) in [6.45, 7) is 12.8. The topological polar surface area (TPSA) is 44.4 Å². The molecule has 1 aliphatic carbocycles. The van der Waals surface area contributed by atoms with Crippen LogP contribution in [0.2, 0.25) is 0 Å². The molecule has 1 aliphatic rings. The van der Waals surface area contributed by atoms with Crippen LogP contribution in [-0.2, 0) is 4.79 Å². The van der Waals surface area contributed by atoms with Gasteiger partial charge in [-0.3, -0.25) is 4.79 Å². The van der Waals surface area contributed by atoms with Gasteiger partial charge in [-0.05, 0) is 38.9 Å². The van der Waals surface area contributed by atoms with E-state index in [1.165, 1.54) is 90.1 Å². The second-order valence-electron chi connectivity index (χ2n) is 8.47. The molecular weight excluding hydrogens is 358 g/mol. The van der Waals surface area contributed by atoms with Gasteiger partial charge in [-0.1, -0.05) is 84.6 Å². The summed E-state index contributed by atoms with van der Waals surface area (Å²) >= 11 is 0. The summed E-state index contributed by atoms with van der Waals surface area (Å²) in [6.07, 6.45) is 17.4. The predicted molar refractivity (Wildman–Crippen MR) is 126 cm³/mol. The zero-order chi connectivity index (χ0) is 21.3. The molecule has 0 radical (unpaired) electrons. The van der Waals surface area contributed by atoms with Gasteiger partial charge in [0, 0.05) is 19.2 Å². The van der Waals surface area contributed by atoms with Crippen LogP contribution in [0.1, 0.15) is 97.3 Å². The van der Waals surface area contributed by atoms with Crippen LogP contribution in [0.25, 0.3) is 0 Å². The summed E-state index contributed by atoms with van der Waals surface area (Å²) in [4.78, 5) is 14.5. The summed E-state index contributed by atoms with van der Waals surface area (Å²) in [5, 5.41) is 6.38. The van der Waals surface area contributed by atoms with E-state index in [-0.39, 0.29) is 5.78 Å². The number of unbranched alkanes of at least 4 members (excludes halogenated alkanes) is 10. The van der Waals surface area contributed by atoms with E-state index in [0.717, 1.165) is 30.9 Å². The number of hydrogen-bond acceptors (Lipinski definition) is 4. The Balaban J connectivity index is 2.27. The second kappa shape index (κ2) is 16.5. The van der Waals surface area contributed by atoms with Gasteiger partial charge in [0.1, 0.15) is 5.70 Å². The van der Waals surface area contributed by atoms with E-state index in [2.05, 4.69) is 36.0 Å². The van der Waals surface area contributed by atoms with Crippen molar-refractivity contribution in [2.75, 3.05) is 33.2 Å². The SMILES string of the molecule is C=C1C(=O)C(NCCCN(CCCCCCCC)CCCCCCCC)=C1NC. The lowest BCUT2D eigenvalue weighted by molar-refractivity contribution is -0.113. The molecule has 1 rings (SSSR count). The number of ketones is 1. The van der Waals surface area contributed by atoms with Gasteiger partial charge in [-0.25, -0.2) is 0 Å². The first-order chi connectivity index (χ1) is 14.2. The van der Waals surface area contributed by atoms with Crippen LogP contribution in [-0.4, -0.2) is 43.9 Å². The fourth-order valence-corrected chi connectivity index (χ4v) is 3.99. The standard InChI is InChI=1S/C25H47N3O/c1-5-7-9-11-13-15-19-28(20-16-14-12-10-8-6-2)21-17-18-27-24-23(26-4)22(3)25(24)29/h26-27H,3,5-21H2,1-2,4H3. The van der Waals surface area contributed by atoms with Crippen LogP contribution in [0.15, 0.2) is 23.5 Å². The second-order valence-corrected chi connectivity index (χ2v) is 8.47. The molecule has 29 heavy (non-hydrogen) atoms. The zero-order valence-corrected chi connectivity index (χ0v) is 19.6. The number of hydrogen-bond donors (Lipinski definition) is 2. The fraction of sp³-hybridized carbons (Fsp3) is 0.800. The zero-order valence-electron chi connectivity index (χ0n) is 19.6. The Labute approximate surface area is 180 Å². The number of rotatable bonds is 20. The predicted octanol–water partition coefficient (Wildman–Crippen LogP) is 5.56. The lowest BCUT2D eigenvalue weighted by atomic mass is 9.93. The van der Waals surface area contributed by atoms with Gasteiger partial charge in [0.2, 0.25) is 5.78 Å². The lowest BCUT2D eigenvalue weighted by Gasteiger charge is -2.26. The van der Waals surface area contributed by atoms with E-state index in [9.17, 15) is 4.79 Å². The molecule has 2 N–H and O–H groups in total. The smallest absolute Gasteiger partial charge is 0.212 e. The molecule has 0 fully saturated rings. The first-order valence-electron chi connectivity index (χ1n) is 12.3. The minimum atomic E-state index is 0.0605. The summed E-state index contributed by atoms with van der Waals surface area (Å²) in [6, 6.07) is 0. The molecular formula is C25H47N3O. The van der Waals surface area contributed by atoms with Crippen molar-refractivity contribution < 1.29 is 4.79 Å². The van der Waals surface area contributed by atoms with Gasteiger partial charge in [0.25, 0.3) is 0 Å². The maximum absolute atomic E-state index is 11.9. The van der Waals surface area contributed by atoms with E-state index in [1.54, 1.807) is 0 Å². The maximum atomic E-state index is 11.9. The van der Waals surface area contributed by atoms with Gasteiger partial charge in [-0.2, -0.15) is 0 Å². The Hall–Kier alpha value is -1.29. The number of carbonyl (C=O) groups is 1. The molecule has 0 atom stereocenters. The molecule has 4 nitrogen and oxygen atoms in total. The minimum absolute atomic E-state index is 0.0605. The van der Waals surface area contributed by atoms with Crippen LogP contribution in [0, 0.1) is 0 Å². The molecule has 0 aliphatic heterocycles. The van der Waals surface area contributed by atoms with Gasteiger partial charge in [-0.15, -0.1) is 0 Å². The van der Waals surface area contributed by atoms with Crippen molar-refractivity contribution in [1.29, 1.82) is 0 Å². The van der Waals surface area contributed by atoms with Crippen molar-refractivity contribution in [3.8, 4) is 0 Å². The Bertz CT molecular complexity index is 482. The Kier molecular flexibility index (Phi) is 14.6. The summed E-state index contributed by atoms with van der Waals surface area (Å²) in [5.41, 5.74) is 2.20. The quantitative estimate of drug-likeness (QED) is 0.206. The minimum Gasteiger partial charge on any atom is -0.386 e. The van der Waals surface area contributed by atoms with E-state index in [4.69, 9.17) is 0 Å². The molecule has 0 saturated carbocycles. The largest absolute Gasteiger partial charge is 0.386 e. The third kappa shape index (κ3) is 10.3. The van der Waals surface area contributed by atoms with Crippen LogP contribution >= 0.6 is 0 Å². The highest BCUT2D eigenvalue weighted by Gasteiger charge is 2.30. The van der Waals surface area contributed by atoms with Crippen LogP contribution in [0.4, 0.5) is 0 Å². The average molecular weight is 406 g/mol. The monoisotopic (exact) mass is 405 g/mol. The maximum Gasteiger partial charge on any atom is 0.212 e. The molecule has 0 aromatic carbocycles. The molecule has 0 heterocycles. The molecule has 168 valence electrons. The van der Waals surface area contributed by atoms with Gasteiger partial charge in [0.15, 0.2) is 0 Å². The Morgan fingerprint density at radius 1 is 0.724 bits per heavy atom. The number of likely N-dealkylation sites (N-methyl/N-ethyl adjacent to an activating group) is 1. The molecule has 0 unspecified atom stereocenters. The van der Waals surface area contributed by atoms with Crippen molar-refractivity contribution in [3.05, 3.63) is 23.5 Å². The molecule has 0 aromatic rings. The third-order valence-electron chi connectivity index (χ3n) is 5.91. The molecule has 0 amide bonds. The normalized spacial score (nSPS) is 13.9. The van der Waals surface area contributed by atoms with E-state index < -0.39 is 0 Å². The van der Waals surface area contributed by atoms with Crippen molar-refractivity contribution in [2.24, 2.45) is 0 Å². The highest BCUT2D eigenvalue weighted by molar-refractivity contribution is 6.18. The van der Waals surface area contributed by atoms with Crippen LogP contribution < -0.4 is 10.6 Å². The number of Topliss-reactive ketones (excluding diaryl/α,β-unsaturated/α-hetero) is 1. The van der Waals surface area contributed by atoms with E-state index >= 15 is 0 Å². The van der Waals surface area contributed by atoms with Crippen molar-refractivity contribution >= 4 is 5.78 Å². The summed E-state index contributed by atoms with van der Waals surface area (Å²) in [5.74, 6) is 0.0605. The van der Waals surface area contributed by atoms with Crippen molar-refractivity contribution in [3.63, 3.8) is 0 Å². The summed E-state index contributed by atoms with van der Waals surface area (Å²) in [7, 11) is 1.84. The molecule has 0 spiro atoms. The number of allylic oxidation sites excluding steroid dienone is 2. The van der Waals surface area contributed by atoms with E-state index in [0.29, 0.717) is 5.57 Å². The molecule has 0 aromatic heterocycles. The van der Waals surface area contributed by atoms with Crippen LogP contribution in [0.5, 0.6) is 0 Å². The van der Waals surface area contributed by atoms with Gasteiger partial charge in [0.05, 0.1) is 5.70 Å². The average Bonchev–Trinajstić information content (AvgIpc) is 2.73. The number of carbonyl (C=O) groups excluding carboxylic acids is 1. The number of nitrogens with one attached hydrogen (secondary N) is 2. The third-order valence-corrected chi connectivity index (χ3v) is 5.91. The Morgan fingerprint density at radius 2 is 1.21 bits per heavy atom. The molecule has 0 bridgehead atoms. The van der Waals surface area contributed by atoms with Crippen molar-refractivity contribution in [2.45, 2.75) is 97.3 Å². The Morgan fingerprint density at radius 3 is 1.72 bits per heavy atom. The van der Waals surface area contributed by atoms with Crippen molar-refractivity contribution in [1.82, 2.24) is 15.5 Å². The molecule has 4 heteroatoms. The summed E-state index contributed by atoms with van der Waals surface area (Å²) < 4.78 is 0. The first kappa shape index (κ1) is 25.7. The highest BCUT2D eigenvalue weighted by atomic mass is 16.1.